The molecule has 6 nitrogen and oxygen atoms in total. The Bertz CT molecular complexity index is 1140. The number of nitrogens with two attached hydrogens (primary N) is 1. The van der Waals surface area contributed by atoms with Gasteiger partial charge in [0, 0.05) is 10.9 Å². The highest BCUT2D eigenvalue weighted by Crippen LogP contribution is 2.30. The zero-order valence-corrected chi connectivity index (χ0v) is 13.3. The minimum absolute atomic E-state index is 0.243. The number of aromatic nitrogens is 3. The van der Waals surface area contributed by atoms with Gasteiger partial charge < -0.3 is 15.5 Å². The van der Waals surface area contributed by atoms with Crippen LogP contribution in [0.25, 0.3) is 27.5 Å². The molecule has 2 aromatic heterocycles. The van der Waals surface area contributed by atoms with E-state index >= 15 is 0 Å². The fraction of sp³-hybridized carbons (Fsp3) is 0.111. The number of nitrogens with zero attached hydrogens (tertiary/aromatic N) is 2. The van der Waals surface area contributed by atoms with Crippen molar-refractivity contribution in [2.75, 3.05) is 12.8 Å². The van der Waals surface area contributed by atoms with E-state index < -0.39 is 0 Å². The van der Waals surface area contributed by atoms with E-state index in [2.05, 4.69) is 10.1 Å². The average molecular weight is 320 g/mol. The van der Waals surface area contributed by atoms with Gasteiger partial charge in [-0.25, -0.2) is 4.68 Å². The van der Waals surface area contributed by atoms with Crippen molar-refractivity contribution in [2.45, 2.75) is 6.92 Å². The summed E-state index contributed by atoms with van der Waals surface area (Å²) >= 11 is 0. The van der Waals surface area contributed by atoms with Gasteiger partial charge in [0.05, 0.1) is 18.3 Å². The lowest BCUT2D eigenvalue weighted by molar-refractivity contribution is 0.411. The Morgan fingerprint density at radius 2 is 1.96 bits per heavy atom. The maximum atomic E-state index is 12.5. The first-order valence-corrected chi connectivity index (χ1v) is 7.55. The Hall–Kier alpha value is -3.28. The number of para-hydroxylation sites is 1. The predicted molar refractivity (Wildman–Crippen MR) is 94.9 cm³/mol. The third-order valence-corrected chi connectivity index (χ3v) is 4.28. The van der Waals surface area contributed by atoms with Crippen molar-refractivity contribution in [1.82, 2.24) is 14.8 Å². The molecule has 0 radical (unpaired) electrons. The van der Waals surface area contributed by atoms with Gasteiger partial charge in [-0.15, -0.1) is 0 Å². The van der Waals surface area contributed by atoms with E-state index in [1.807, 2.05) is 49.4 Å². The molecule has 2 aromatic carbocycles. The molecule has 3 N–H and O–H groups in total. The number of nitrogens with one attached hydrogen (secondary N) is 1. The van der Waals surface area contributed by atoms with Gasteiger partial charge >= 0.3 is 0 Å². The van der Waals surface area contributed by atoms with Crippen molar-refractivity contribution in [2.24, 2.45) is 0 Å². The van der Waals surface area contributed by atoms with Crippen LogP contribution in [0.1, 0.15) is 5.56 Å². The second-order valence-corrected chi connectivity index (χ2v) is 5.62. The lowest BCUT2D eigenvalue weighted by Gasteiger charge is -2.11. The van der Waals surface area contributed by atoms with Crippen LogP contribution in [0, 0.1) is 6.92 Å². The summed E-state index contributed by atoms with van der Waals surface area (Å²) in [6.45, 7) is 1.93. The molecule has 4 aromatic rings. The van der Waals surface area contributed by atoms with Crippen LogP contribution in [0.2, 0.25) is 0 Å². The summed E-state index contributed by atoms with van der Waals surface area (Å²) in [6.07, 6.45) is 0. The van der Waals surface area contributed by atoms with E-state index in [1.54, 1.807) is 11.8 Å². The summed E-state index contributed by atoms with van der Waals surface area (Å²) in [4.78, 5) is 15.3. The molecule has 0 saturated carbocycles. The molecule has 120 valence electrons. The van der Waals surface area contributed by atoms with Crippen LogP contribution in [0.3, 0.4) is 0 Å². The molecule has 0 aliphatic heterocycles. The molecule has 0 aliphatic carbocycles. The van der Waals surface area contributed by atoms with Crippen LogP contribution in [-0.2, 0) is 0 Å². The van der Waals surface area contributed by atoms with Gasteiger partial charge in [-0.3, -0.25) is 4.79 Å². The molecular weight excluding hydrogens is 304 g/mol. The normalized spacial score (nSPS) is 11.2. The number of benzene rings is 2. The minimum atomic E-state index is -0.243. The van der Waals surface area contributed by atoms with Crippen LogP contribution in [0.4, 0.5) is 5.82 Å². The van der Waals surface area contributed by atoms with E-state index in [9.17, 15) is 4.79 Å². The molecule has 0 spiro atoms. The third-order valence-electron chi connectivity index (χ3n) is 4.28. The number of hydrogen-bond donors (Lipinski definition) is 2. The topological polar surface area (TPSA) is 85.9 Å². The van der Waals surface area contributed by atoms with Gasteiger partial charge in [0.2, 0.25) is 0 Å². The second-order valence-electron chi connectivity index (χ2n) is 5.62. The number of anilines is 1. The first-order chi connectivity index (χ1) is 11.6. The number of nitrogen functional groups attached to an aromatic ring is 1. The van der Waals surface area contributed by atoms with Crippen LogP contribution >= 0.6 is 0 Å². The van der Waals surface area contributed by atoms with Gasteiger partial charge in [-0.2, -0.15) is 5.10 Å². The Balaban J connectivity index is 2.12. The number of fused-ring (bicyclic) bond motifs is 3. The fourth-order valence-electron chi connectivity index (χ4n) is 3.06. The molecule has 2 heterocycles. The highest BCUT2D eigenvalue weighted by molar-refractivity contribution is 6.06. The van der Waals surface area contributed by atoms with Crippen LogP contribution in [0.15, 0.2) is 47.3 Å². The quantitative estimate of drug-likeness (QED) is 0.594. The smallest absolute Gasteiger partial charge is 0.261 e. The second kappa shape index (κ2) is 5.13. The molecule has 0 atom stereocenters. The highest BCUT2D eigenvalue weighted by Gasteiger charge is 2.18. The van der Waals surface area contributed by atoms with Crippen LogP contribution in [-0.4, -0.2) is 21.9 Å². The minimum Gasteiger partial charge on any atom is -0.496 e. The van der Waals surface area contributed by atoms with Gasteiger partial charge in [-0.1, -0.05) is 24.3 Å². The van der Waals surface area contributed by atoms with Gasteiger partial charge in [-0.05, 0) is 25.1 Å². The Morgan fingerprint density at radius 3 is 2.75 bits per heavy atom. The van der Waals surface area contributed by atoms with Crippen LogP contribution in [0.5, 0.6) is 5.75 Å². The molecule has 0 fully saturated rings. The summed E-state index contributed by atoms with van der Waals surface area (Å²) in [5.74, 6) is 1.05. The zero-order chi connectivity index (χ0) is 16.8. The standard InChI is InChI=1S/C18H16N4O2/c1-10-13(8-5-9-14(10)24-2)22-17(19)15-16(21-22)11-6-3-4-7-12(11)20-18(15)23/h3-9H,19H2,1-2H3,(H,20,23). The van der Waals surface area contributed by atoms with Crippen molar-refractivity contribution in [3.05, 3.63) is 58.4 Å². The molecule has 0 unspecified atom stereocenters. The molecule has 24 heavy (non-hydrogen) atoms. The Kier molecular flexibility index (Phi) is 3.06. The lowest BCUT2D eigenvalue weighted by Crippen LogP contribution is -2.08. The van der Waals surface area contributed by atoms with E-state index in [0.29, 0.717) is 16.7 Å². The molecule has 0 aliphatic rings. The van der Waals surface area contributed by atoms with E-state index in [4.69, 9.17) is 10.5 Å². The number of hydrogen-bond acceptors (Lipinski definition) is 4. The van der Waals surface area contributed by atoms with Crippen molar-refractivity contribution in [1.29, 1.82) is 0 Å². The zero-order valence-electron chi connectivity index (χ0n) is 13.3. The Morgan fingerprint density at radius 1 is 1.17 bits per heavy atom. The van der Waals surface area contributed by atoms with Crippen molar-refractivity contribution < 1.29 is 4.74 Å². The number of ether oxygens (including phenoxy) is 1. The van der Waals surface area contributed by atoms with Crippen molar-refractivity contribution in [3.8, 4) is 11.4 Å². The van der Waals surface area contributed by atoms with Crippen molar-refractivity contribution >= 4 is 27.6 Å². The predicted octanol–water partition coefficient (Wildman–Crippen LogP) is 2.77. The number of aromatic amines is 1. The molecular formula is C18H16N4O2. The monoisotopic (exact) mass is 320 g/mol. The van der Waals surface area contributed by atoms with Gasteiger partial charge in [0.25, 0.3) is 5.56 Å². The Labute approximate surface area is 137 Å². The number of methoxy groups -OCH3 is 1. The third kappa shape index (κ3) is 1.89. The maximum absolute atomic E-state index is 12.5. The first-order valence-electron chi connectivity index (χ1n) is 7.55. The van der Waals surface area contributed by atoms with E-state index in [-0.39, 0.29) is 5.56 Å². The highest BCUT2D eigenvalue weighted by atomic mass is 16.5. The summed E-state index contributed by atoms with van der Waals surface area (Å²) in [7, 11) is 1.62. The molecule has 4 rings (SSSR count). The number of rotatable bonds is 2. The SMILES string of the molecule is COc1cccc(-n2nc3c(c2N)c(=O)[nH]c2ccccc23)c1C. The van der Waals surface area contributed by atoms with Gasteiger partial charge in [0.1, 0.15) is 22.5 Å². The summed E-state index contributed by atoms with van der Waals surface area (Å²) in [5.41, 5.74) is 9.04. The lowest BCUT2D eigenvalue weighted by atomic mass is 10.1. The summed E-state index contributed by atoms with van der Waals surface area (Å²) < 4.78 is 6.97. The van der Waals surface area contributed by atoms with E-state index in [0.717, 1.165) is 27.9 Å². The molecule has 0 amide bonds. The maximum Gasteiger partial charge on any atom is 0.261 e. The van der Waals surface area contributed by atoms with Crippen LogP contribution < -0.4 is 16.0 Å². The first kappa shape index (κ1) is 14.3. The molecule has 0 saturated heterocycles. The average Bonchev–Trinajstić information content (AvgIpc) is 2.93. The van der Waals surface area contributed by atoms with Crippen molar-refractivity contribution in [3.63, 3.8) is 0 Å². The summed E-state index contributed by atoms with van der Waals surface area (Å²) in [5, 5.41) is 5.88. The number of pyridine rings is 1. The van der Waals surface area contributed by atoms with Gasteiger partial charge in [0.15, 0.2) is 0 Å². The number of H-pyrrole nitrogens is 1. The molecule has 6 heteroatoms. The molecule has 0 bridgehead atoms. The largest absolute Gasteiger partial charge is 0.496 e. The summed E-state index contributed by atoms with van der Waals surface area (Å²) in [6, 6.07) is 13.2. The fourth-order valence-corrected chi connectivity index (χ4v) is 3.06. The van der Waals surface area contributed by atoms with E-state index in [1.165, 1.54) is 0 Å².